The van der Waals surface area contributed by atoms with Crippen LogP contribution >= 0.6 is 23.2 Å². The van der Waals surface area contributed by atoms with Gasteiger partial charge in [0.15, 0.2) is 11.6 Å². The van der Waals surface area contributed by atoms with Crippen LogP contribution in [0.3, 0.4) is 0 Å². The molecule has 0 spiro atoms. The van der Waals surface area contributed by atoms with E-state index in [9.17, 15) is 4.39 Å². The van der Waals surface area contributed by atoms with Gasteiger partial charge in [-0.25, -0.2) is 9.37 Å². The number of benzene rings is 1. The normalized spacial score (nSPS) is 10.4. The van der Waals surface area contributed by atoms with Gasteiger partial charge in [-0.1, -0.05) is 29.3 Å². The van der Waals surface area contributed by atoms with E-state index in [4.69, 9.17) is 28.9 Å². The summed E-state index contributed by atoms with van der Waals surface area (Å²) < 4.78 is 13.3. The fraction of sp³-hybridized carbons (Fsp3) is 0. The Labute approximate surface area is 102 Å². The first-order valence-electron chi connectivity index (χ1n) is 4.45. The van der Waals surface area contributed by atoms with Crippen LogP contribution in [0.15, 0.2) is 30.5 Å². The van der Waals surface area contributed by atoms with Crippen LogP contribution in [0.5, 0.6) is 0 Å². The number of halogens is 3. The molecule has 0 amide bonds. The Hall–Kier alpha value is -1.32. The van der Waals surface area contributed by atoms with Gasteiger partial charge in [0.2, 0.25) is 0 Å². The van der Waals surface area contributed by atoms with Gasteiger partial charge < -0.3 is 5.73 Å². The van der Waals surface area contributed by atoms with E-state index in [0.717, 1.165) is 0 Å². The van der Waals surface area contributed by atoms with E-state index in [1.54, 1.807) is 18.2 Å². The van der Waals surface area contributed by atoms with E-state index >= 15 is 0 Å². The summed E-state index contributed by atoms with van der Waals surface area (Å²) in [4.78, 5) is 3.72. The lowest BCUT2D eigenvalue weighted by Gasteiger charge is -2.07. The largest absolute Gasteiger partial charge is 0.381 e. The molecule has 2 aromatic rings. The summed E-state index contributed by atoms with van der Waals surface area (Å²) >= 11 is 12.0. The maximum Gasteiger partial charge on any atom is 0.165 e. The van der Waals surface area contributed by atoms with E-state index in [-0.39, 0.29) is 5.82 Å². The van der Waals surface area contributed by atoms with Crippen LogP contribution in [0.25, 0.3) is 11.1 Å². The van der Waals surface area contributed by atoms with Crippen LogP contribution in [0.1, 0.15) is 0 Å². The van der Waals surface area contributed by atoms with Crippen molar-refractivity contribution in [3.05, 3.63) is 46.3 Å². The van der Waals surface area contributed by atoms with Gasteiger partial charge in [-0.05, 0) is 18.2 Å². The number of nitrogens with zero attached hydrogens (tertiary/aromatic N) is 1. The monoisotopic (exact) mass is 256 g/mol. The number of anilines is 1. The molecule has 0 saturated carbocycles. The minimum Gasteiger partial charge on any atom is -0.381 e. The maximum absolute atomic E-state index is 13.3. The molecule has 0 radical (unpaired) electrons. The fourth-order valence-electron chi connectivity index (χ4n) is 1.36. The molecule has 1 heterocycles. The van der Waals surface area contributed by atoms with Crippen LogP contribution in [0.2, 0.25) is 10.0 Å². The van der Waals surface area contributed by atoms with Gasteiger partial charge in [0, 0.05) is 27.4 Å². The molecule has 82 valence electrons. The lowest BCUT2D eigenvalue weighted by molar-refractivity contribution is 0.628. The first-order chi connectivity index (χ1) is 7.59. The quantitative estimate of drug-likeness (QED) is 0.844. The summed E-state index contributed by atoms with van der Waals surface area (Å²) in [6.07, 6.45) is 1.44. The Kier molecular flexibility index (Phi) is 2.99. The highest BCUT2D eigenvalue weighted by molar-refractivity contribution is 6.39. The number of hydrogen-bond donors (Lipinski definition) is 1. The number of nitrogens with two attached hydrogens (primary N) is 1. The zero-order chi connectivity index (χ0) is 11.7. The Morgan fingerprint density at radius 2 is 1.81 bits per heavy atom. The molecule has 2 N–H and O–H groups in total. The molecular formula is C11H7Cl2FN2. The lowest BCUT2D eigenvalue weighted by Crippen LogP contribution is -1.95. The van der Waals surface area contributed by atoms with Crippen molar-refractivity contribution in [1.29, 1.82) is 0 Å². The molecule has 0 aliphatic rings. The topological polar surface area (TPSA) is 38.9 Å². The van der Waals surface area contributed by atoms with Crippen LogP contribution in [-0.2, 0) is 0 Å². The number of aromatic nitrogens is 1. The highest BCUT2D eigenvalue weighted by atomic mass is 35.5. The van der Waals surface area contributed by atoms with Gasteiger partial charge in [0.05, 0.1) is 0 Å². The Balaban J connectivity index is 2.63. The van der Waals surface area contributed by atoms with E-state index in [0.29, 0.717) is 21.2 Å². The molecule has 0 atom stereocenters. The van der Waals surface area contributed by atoms with Crippen molar-refractivity contribution in [3.8, 4) is 11.1 Å². The lowest BCUT2D eigenvalue weighted by atomic mass is 10.1. The molecule has 1 aromatic carbocycles. The van der Waals surface area contributed by atoms with Crippen molar-refractivity contribution >= 4 is 29.0 Å². The predicted molar refractivity (Wildman–Crippen MR) is 64.1 cm³/mol. The van der Waals surface area contributed by atoms with Crippen molar-refractivity contribution in [3.63, 3.8) is 0 Å². The van der Waals surface area contributed by atoms with Crippen molar-refractivity contribution in [2.75, 3.05) is 5.73 Å². The van der Waals surface area contributed by atoms with Crippen LogP contribution in [0.4, 0.5) is 10.2 Å². The fourth-order valence-corrected chi connectivity index (χ4v) is 1.97. The molecule has 0 fully saturated rings. The predicted octanol–water partition coefficient (Wildman–Crippen LogP) is 3.78. The van der Waals surface area contributed by atoms with Crippen molar-refractivity contribution in [2.24, 2.45) is 0 Å². The standard InChI is InChI=1S/C11H7Cl2FN2/c12-7-2-1-3-8(13)10(7)6-4-9(14)11(15)16-5-6/h1-5H,(H2,15,16). The number of hydrogen-bond acceptors (Lipinski definition) is 2. The average molecular weight is 257 g/mol. The molecule has 16 heavy (non-hydrogen) atoms. The molecule has 0 aliphatic heterocycles. The van der Waals surface area contributed by atoms with Crippen molar-refractivity contribution < 1.29 is 4.39 Å². The minimum atomic E-state index is -0.589. The summed E-state index contributed by atoms with van der Waals surface area (Å²) in [6.45, 7) is 0. The molecule has 2 nitrogen and oxygen atoms in total. The molecule has 0 aliphatic carbocycles. The van der Waals surface area contributed by atoms with E-state index in [1.165, 1.54) is 12.3 Å². The third-order valence-electron chi connectivity index (χ3n) is 2.12. The highest BCUT2D eigenvalue weighted by Crippen LogP contribution is 2.34. The van der Waals surface area contributed by atoms with Crippen molar-refractivity contribution in [1.82, 2.24) is 4.98 Å². The molecule has 5 heteroatoms. The first-order valence-corrected chi connectivity index (χ1v) is 5.20. The smallest absolute Gasteiger partial charge is 0.165 e. The summed E-state index contributed by atoms with van der Waals surface area (Å²) in [7, 11) is 0. The van der Waals surface area contributed by atoms with Gasteiger partial charge in [0.25, 0.3) is 0 Å². The van der Waals surface area contributed by atoms with Gasteiger partial charge in [-0.2, -0.15) is 0 Å². The zero-order valence-corrected chi connectivity index (χ0v) is 9.56. The molecular weight excluding hydrogens is 250 g/mol. The van der Waals surface area contributed by atoms with Gasteiger partial charge >= 0.3 is 0 Å². The number of pyridine rings is 1. The van der Waals surface area contributed by atoms with E-state index in [2.05, 4.69) is 4.98 Å². The van der Waals surface area contributed by atoms with Crippen LogP contribution in [-0.4, -0.2) is 4.98 Å². The third kappa shape index (κ3) is 1.96. The minimum absolute atomic E-state index is 0.146. The summed E-state index contributed by atoms with van der Waals surface area (Å²) in [5.41, 5.74) is 6.35. The maximum atomic E-state index is 13.3. The summed E-state index contributed by atoms with van der Waals surface area (Å²) in [5, 5.41) is 0.886. The van der Waals surface area contributed by atoms with E-state index < -0.39 is 5.82 Å². The van der Waals surface area contributed by atoms with Gasteiger partial charge in [-0.15, -0.1) is 0 Å². The second-order valence-electron chi connectivity index (χ2n) is 3.19. The molecule has 1 aromatic heterocycles. The Bertz CT molecular complexity index is 523. The van der Waals surface area contributed by atoms with Crippen LogP contribution in [0, 0.1) is 5.82 Å². The SMILES string of the molecule is Nc1ncc(-c2c(Cl)cccc2Cl)cc1F. The molecule has 0 saturated heterocycles. The number of nitrogen functional groups attached to an aromatic ring is 1. The number of rotatable bonds is 1. The third-order valence-corrected chi connectivity index (χ3v) is 2.75. The van der Waals surface area contributed by atoms with Gasteiger partial charge in [0.1, 0.15) is 0 Å². The van der Waals surface area contributed by atoms with Crippen molar-refractivity contribution in [2.45, 2.75) is 0 Å². The second kappa shape index (κ2) is 4.28. The summed E-state index contributed by atoms with van der Waals surface area (Å²) in [6, 6.07) is 6.33. The Morgan fingerprint density at radius 1 is 1.19 bits per heavy atom. The Morgan fingerprint density at radius 3 is 2.38 bits per heavy atom. The van der Waals surface area contributed by atoms with E-state index in [1.807, 2.05) is 0 Å². The average Bonchev–Trinajstić information content (AvgIpc) is 2.23. The van der Waals surface area contributed by atoms with Crippen LogP contribution < -0.4 is 5.73 Å². The van der Waals surface area contributed by atoms with Gasteiger partial charge in [-0.3, -0.25) is 0 Å². The first kappa shape index (κ1) is 11.2. The zero-order valence-electron chi connectivity index (χ0n) is 8.05. The molecule has 2 rings (SSSR count). The second-order valence-corrected chi connectivity index (χ2v) is 4.00. The molecule has 0 bridgehead atoms. The molecule has 0 unspecified atom stereocenters. The summed E-state index contributed by atoms with van der Waals surface area (Å²) in [5.74, 6) is -0.736. The highest BCUT2D eigenvalue weighted by Gasteiger charge is 2.10.